The molecule has 0 saturated carbocycles. The Morgan fingerprint density at radius 2 is 1.76 bits per heavy atom. The summed E-state index contributed by atoms with van der Waals surface area (Å²) in [7, 11) is 3.28. The van der Waals surface area contributed by atoms with Crippen LogP contribution < -0.4 is 14.9 Å². The molecular weight excluding hydrogens is 432 g/mol. The van der Waals surface area contributed by atoms with Crippen LogP contribution in [0.3, 0.4) is 0 Å². The zero-order valence-electron chi connectivity index (χ0n) is 18.3. The lowest BCUT2D eigenvalue weighted by atomic mass is 10.0. The summed E-state index contributed by atoms with van der Waals surface area (Å²) in [4.78, 5) is 0. The van der Waals surface area contributed by atoms with E-state index in [4.69, 9.17) is 9.47 Å². The molecule has 1 aliphatic carbocycles. The van der Waals surface area contributed by atoms with Crippen LogP contribution in [0, 0.1) is 0 Å². The minimum atomic E-state index is 0.617. The number of hydrogen-bond acceptors (Lipinski definition) is 6. The molecule has 0 amide bonds. The highest BCUT2D eigenvalue weighted by Gasteiger charge is 2.22. The maximum atomic E-state index is 5.45. The van der Waals surface area contributed by atoms with Crippen LogP contribution in [0.2, 0.25) is 0 Å². The van der Waals surface area contributed by atoms with Crippen molar-refractivity contribution in [1.29, 1.82) is 0 Å². The predicted molar refractivity (Wildman–Crippen MR) is 130 cm³/mol. The molecule has 33 heavy (non-hydrogen) atoms. The standard InChI is InChI=1S/C26H22N4O2S/c1-31-23-10-7-16(11-24(23)32-2)12-25-27-28-26-30(25)29-22(15-33-26)19-9-8-18-13-17-5-3-4-6-20(17)21(18)14-19/h3-11,14-15,29H,12-13H2,1-2H3. The molecule has 0 fully saturated rings. The Morgan fingerprint density at radius 3 is 2.64 bits per heavy atom. The van der Waals surface area contributed by atoms with Gasteiger partial charge >= 0.3 is 0 Å². The van der Waals surface area contributed by atoms with Crippen molar-refractivity contribution in [3.8, 4) is 22.6 Å². The maximum absolute atomic E-state index is 5.45. The van der Waals surface area contributed by atoms with Crippen molar-refractivity contribution in [1.82, 2.24) is 14.9 Å². The average Bonchev–Trinajstić information content (AvgIpc) is 3.44. The van der Waals surface area contributed by atoms with Crippen LogP contribution in [0.1, 0.15) is 28.1 Å². The van der Waals surface area contributed by atoms with Gasteiger partial charge in [0.2, 0.25) is 5.16 Å². The lowest BCUT2D eigenvalue weighted by Gasteiger charge is -2.20. The number of thioether (sulfide) groups is 1. The molecule has 1 aliphatic heterocycles. The zero-order chi connectivity index (χ0) is 22.4. The molecule has 6 nitrogen and oxygen atoms in total. The summed E-state index contributed by atoms with van der Waals surface area (Å²) in [5.74, 6) is 2.25. The minimum Gasteiger partial charge on any atom is -0.493 e. The first-order chi connectivity index (χ1) is 16.2. The van der Waals surface area contributed by atoms with Crippen LogP contribution in [0.5, 0.6) is 11.5 Å². The van der Waals surface area contributed by atoms with E-state index in [9.17, 15) is 0 Å². The number of methoxy groups -OCH3 is 2. The number of hydrogen-bond donors (Lipinski definition) is 1. The van der Waals surface area contributed by atoms with Gasteiger partial charge in [-0.1, -0.05) is 54.2 Å². The van der Waals surface area contributed by atoms with E-state index in [2.05, 4.69) is 63.5 Å². The van der Waals surface area contributed by atoms with E-state index in [0.29, 0.717) is 17.9 Å². The average molecular weight is 455 g/mol. The molecule has 4 aromatic rings. The maximum Gasteiger partial charge on any atom is 0.214 e. The van der Waals surface area contributed by atoms with Crippen molar-refractivity contribution in [3.05, 3.63) is 94.1 Å². The normalized spacial score (nSPS) is 13.5. The van der Waals surface area contributed by atoms with E-state index in [-0.39, 0.29) is 0 Å². The van der Waals surface area contributed by atoms with Gasteiger partial charge in [-0.3, -0.25) is 5.43 Å². The Bertz CT molecular complexity index is 1410. The van der Waals surface area contributed by atoms with Crippen LogP contribution in [0.15, 0.2) is 71.2 Å². The number of ether oxygens (including phenoxy) is 2. The lowest BCUT2D eigenvalue weighted by Crippen LogP contribution is -2.20. The van der Waals surface area contributed by atoms with Crippen LogP contribution in [0.4, 0.5) is 0 Å². The van der Waals surface area contributed by atoms with E-state index >= 15 is 0 Å². The number of rotatable bonds is 5. The van der Waals surface area contributed by atoms with Gasteiger partial charge in [0.1, 0.15) is 0 Å². The molecule has 0 radical (unpaired) electrons. The first kappa shape index (κ1) is 19.9. The molecule has 1 aromatic heterocycles. The third-order valence-electron chi connectivity index (χ3n) is 6.13. The van der Waals surface area contributed by atoms with E-state index in [1.165, 1.54) is 22.3 Å². The molecule has 6 rings (SSSR count). The number of nitrogens with zero attached hydrogens (tertiary/aromatic N) is 3. The van der Waals surface area contributed by atoms with E-state index in [1.807, 2.05) is 22.9 Å². The summed E-state index contributed by atoms with van der Waals surface area (Å²) in [6.07, 6.45) is 1.61. The fourth-order valence-corrected chi connectivity index (χ4v) is 5.22. The fourth-order valence-electron chi connectivity index (χ4n) is 4.46. The largest absolute Gasteiger partial charge is 0.493 e. The third-order valence-corrected chi connectivity index (χ3v) is 6.96. The quantitative estimate of drug-likeness (QED) is 0.398. The molecule has 0 atom stereocenters. The van der Waals surface area contributed by atoms with Crippen molar-refractivity contribution in [2.24, 2.45) is 0 Å². The fraction of sp³-hybridized carbons (Fsp3) is 0.154. The van der Waals surface area contributed by atoms with Crippen LogP contribution in [0.25, 0.3) is 16.8 Å². The number of benzene rings is 3. The predicted octanol–water partition coefficient (Wildman–Crippen LogP) is 5.11. The van der Waals surface area contributed by atoms with Crippen molar-refractivity contribution >= 4 is 17.5 Å². The smallest absolute Gasteiger partial charge is 0.214 e. The molecular formula is C26H22N4O2S. The summed E-state index contributed by atoms with van der Waals surface area (Å²) < 4.78 is 12.8. The molecule has 7 heteroatoms. The van der Waals surface area contributed by atoms with Gasteiger partial charge in [-0.05, 0) is 52.4 Å². The van der Waals surface area contributed by atoms with Crippen LogP contribution in [-0.2, 0) is 12.8 Å². The molecule has 3 aromatic carbocycles. The molecule has 0 saturated heterocycles. The second kappa shape index (κ2) is 8.01. The van der Waals surface area contributed by atoms with Gasteiger partial charge in [-0.2, -0.15) is 0 Å². The van der Waals surface area contributed by atoms with E-state index in [0.717, 1.165) is 34.2 Å². The molecule has 0 unspecified atom stereocenters. The summed E-state index contributed by atoms with van der Waals surface area (Å²) in [6.45, 7) is 0. The van der Waals surface area contributed by atoms with Gasteiger partial charge in [0.15, 0.2) is 17.3 Å². The third kappa shape index (κ3) is 3.45. The van der Waals surface area contributed by atoms with Crippen LogP contribution in [-0.4, -0.2) is 29.1 Å². The van der Waals surface area contributed by atoms with Gasteiger partial charge < -0.3 is 9.47 Å². The van der Waals surface area contributed by atoms with E-state index < -0.39 is 0 Å². The summed E-state index contributed by atoms with van der Waals surface area (Å²) in [6, 6.07) is 21.3. The highest BCUT2D eigenvalue weighted by Crippen LogP contribution is 2.39. The first-order valence-electron chi connectivity index (χ1n) is 10.7. The molecule has 2 aliphatic rings. The molecule has 0 spiro atoms. The first-order valence-corrected chi connectivity index (χ1v) is 11.6. The summed E-state index contributed by atoms with van der Waals surface area (Å²) in [5.41, 5.74) is 12.2. The Hall–Kier alpha value is -3.71. The zero-order valence-corrected chi connectivity index (χ0v) is 19.1. The van der Waals surface area contributed by atoms with Gasteiger partial charge in [-0.15, -0.1) is 10.2 Å². The highest BCUT2D eigenvalue weighted by atomic mass is 32.2. The minimum absolute atomic E-state index is 0.617. The molecule has 0 bridgehead atoms. The topological polar surface area (TPSA) is 61.2 Å². The molecule has 2 heterocycles. The second-order valence-corrected chi connectivity index (χ2v) is 8.90. The van der Waals surface area contributed by atoms with Gasteiger partial charge in [0, 0.05) is 17.4 Å². The summed E-state index contributed by atoms with van der Waals surface area (Å²) in [5, 5.41) is 11.7. The Kier molecular flexibility index (Phi) is 4.84. The SMILES string of the molecule is COc1ccc(Cc2nnc3n2NC(c2ccc4c(c2)-c2ccccc2C4)=CS3)cc1OC. The van der Waals surface area contributed by atoms with Crippen molar-refractivity contribution in [2.75, 3.05) is 19.6 Å². The van der Waals surface area contributed by atoms with Crippen molar-refractivity contribution < 1.29 is 9.47 Å². The molecule has 1 N–H and O–H groups in total. The Morgan fingerprint density at radius 1 is 0.909 bits per heavy atom. The number of nitrogens with one attached hydrogen (secondary N) is 1. The highest BCUT2D eigenvalue weighted by molar-refractivity contribution is 8.02. The van der Waals surface area contributed by atoms with Crippen LogP contribution >= 0.6 is 11.8 Å². The van der Waals surface area contributed by atoms with Gasteiger partial charge in [0.05, 0.1) is 19.9 Å². The number of aromatic nitrogens is 3. The summed E-state index contributed by atoms with van der Waals surface area (Å²) >= 11 is 1.58. The Labute approximate surface area is 196 Å². The Balaban J connectivity index is 1.28. The molecule has 164 valence electrons. The second-order valence-electron chi connectivity index (χ2n) is 8.07. The monoisotopic (exact) mass is 454 g/mol. The lowest BCUT2D eigenvalue weighted by molar-refractivity contribution is 0.354. The van der Waals surface area contributed by atoms with Crippen molar-refractivity contribution in [2.45, 2.75) is 18.0 Å². The number of fused-ring (bicyclic) bond motifs is 4. The van der Waals surface area contributed by atoms with Gasteiger partial charge in [-0.25, -0.2) is 4.68 Å². The van der Waals surface area contributed by atoms with E-state index in [1.54, 1.807) is 26.0 Å². The van der Waals surface area contributed by atoms with Gasteiger partial charge in [0.25, 0.3) is 0 Å². The van der Waals surface area contributed by atoms with Crippen molar-refractivity contribution in [3.63, 3.8) is 0 Å².